The van der Waals surface area contributed by atoms with Crippen LogP contribution in [0, 0.1) is 22.2 Å². The van der Waals surface area contributed by atoms with E-state index in [1.54, 1.807) is 6.26 Å². The molecule has 20 heavy (non-hydrogen) atoms. The zero-order chi connectivity index (χ0) is 13.8. The number of rotatable bonds is 4. The molecule has 4 aliphatic rings. The van der Waals surface area contributed by atoms with E-state index in [0.29, 0.717) is 16.2 Å². The van der Waals surface area contributed by atoms with Gasteiger partial charge in [0.25, 0.3) is 0 Å². The van der Waals surface area contributed by atoms with E-state index in [9.17, 15) is 0 Å². The molecule has 1 heterocycles. The molecule has 2 nitrogen and oxygen atoms in total. The predicted octanol–water partition coefficient (Wildman–Crippen LogP) is 4.37. The largest absolute Gasteiger partial charge is 0.468 e. The molecule has 4 fully saturated rings. The predicted molar refractivity (Wildman–Crippen MR) is 80.3 cm³/mol. The van der Waals surface area contributed by atoms with Crippen LogP contribution in [0.25, 0.3) is 0 Å². The molecule has 4 bridgehead atoms. The van der Waals surface area contributed by atoms with Gasteiger partial charge in [0.05, 0.1) is 12.8 Å². The lowest BCUT2D eigenvalue weighted by Crippen LogP contribution is -2.57. The molecule has 4 aliphatic carbocycles. The number of hydrogen-bond donors (Lipinski definition) is 1. The number of furan rings is 1. The van der Waals surface area contributed by atoms with Gasteiger partial charge in [-0.3, -0.25) is 0 Å². The highest BCUT2D eigenvalue weighted by atomic mass is 16.3. The number of nitrogens with one attached hydrogen (secondary N) is 1. The van der Waals surface area contributed by atoms with E-state index in [4.69, 9.17) is 4.42 Å². The Morgan fingerprint density at radius 3 is 2.50 bits per heavy atom. The Kier molecular flexibility index (Phi) is 2.67. The van der Waals surface area contributed by atoms with E-state index < -0.39 is 0 Å². The van der Waals surface area contributed by atoms with Crippen molar-refractivity contribution in [3.8, 4) is 0 Å². The number of hydrogen-bond acceptors (Lipinski definition) is 2. The summed E-state index contributed by atoms with van der Waals surface area (Å²) >= 11 is 0. The fourth-order valence-corrected chi connectivity index (χ4v) is 6.75. The van der Waals surface area contributed by atoms with Gasteiger partial charge in [0.2, 0.25) is 0 Å². The first-order valence-electron chi connectivity index (χ1n) is 8.22. The maximum atomic E-state index is 5.43. The summed E-state index contributed by atoms with van der Waals surface area (Å²) in [5.74, 6) is 2.05. The van der Waals surface area contributed by atoms with Crippen LogP contribution in [0.2, 0.25) is 0 Å². The van der Waals surface area contributed by atoms with Crippen molar-refractivity contribution in [2.75, 3.05) is 6.54 Å². The molecule has 2 heteroatoms. The zero-order valence-electron chi connectivity index (χ0n) is 12.9. The summed E-state index contributed by atoms with van der Waals surface area (Å²) in [4.78, 5) is 0. The van der Waals surface area contributed by atoms with E-state index in [0.717, 1.165) is 18.2 Å². The van der Waals surface area contributed by atoms with Gasteiger partial charge in [-0.15, -0.1) is 0 Å². The molecule has 2 unspecified atom stereocenters. The van der Waals surface area contributed by atoms with Gasteiger partial charge in [-0.1, -0.05) is 13.8 Å². The molecule has 1 N–H and O–H groups in total. The lowest BCUT2D eigenvalue weighted by atomic mass is 9.40. The zero-order valence-corrected chi connectivity index (χ0v) is 12.9. The SMILES string of the molecule is CC12CC3CC(C)(C1)CC(CNCc1ccco1)(C3)C2. The Bertz CT molecular complexity index is 474. The van der Waals surface area contributed by atoms with Gasteiger partial charge in [0.15, 0.2) is 0 Å². The van der Waals surface area contributed by atoms with Gasteiger partial charge in [-0.05, 0) is 72.8 Å². The van der Waals surface area contributed by atoms with Crippen molar-refractivity contribution in [2.45, 2.75) is 58.9 Å². The molecule has 1 aromatic rings. The normalized spacial score (nSPS) is 46.0. The maximum absolute atomic E-state index is 5.43. The highest BCUT2D eigenvalue weighted by molar-refractivity contribution is 5.11. The van der Waals surface area contributed by atoms with Crippen molar-refractivity contribution in [2.24, 2.45) is 22.2 Å². The van der Waals surface area contributed by atoms with Crippen LogP contribution < -0.4 is 5.32 Å². The third-order valence-electron chi connectivity index (χ3n) is 6.12. The van der Waals surface area contributed by atoms with E-state index in [-0.39, 0.29) is 0 Å². The standard InChI is InChI=1S/C18H27NO/c1-16-6-14-7-17(2,10-16)12-18(8-14,11-16)13-19-9-15-4-3-5-20-15/h3-5,14,19H,6-13H2,1-2H3. The monoisotopic (exact) mass is 273 g/mol. The Balaban J connectivity index is 1.47. The van der Waals surface area contributed by atoms with Crippen LogP contribution in [-0.2, 0) is 6.54 Å². The van der Waals surface area contributed by atoms with Gasteiger partial charge in [0.1, 0.15) is 5.76 Å². The van der Waals surface area contributed by atoms with Crippen LogP contribution in [0.4, 0.5) is 0 Å². The topological polar surface area (TPSA) is 25.2 Å². The third kappa shape index (κ3) is 2.13. The van der Waals surface area contributed by atoms with E-state index in [1.807, 2.05) is 6.07 Å². The van der Waals surface area contributed by atoms with Crippen molar-refractivity contribution < 1.29 is 4.42 Å². The summed E-state index contributed by atoms with van der Waals surface area (Å²) in [6.07, 6.45) is 10.6. The second-order valence-corrected chi connectivity index (χ2v) is 8.81. The smallest absolute Gasteiger partial charge is 0.117 e. The summed E-state index contributed by atoms with van der Waals surface area (Å²) in [7, 11) is 0. The molecule has 0 radical (unpaired) electrons. The van der Waals surface area contributed by atoms with Gasteiger partial charge < -0.3 is 9.73 Å². The van der Waals surface area contributed by atoms with Crippen LogP contribution in [0.1, 0.15) is 58.1 Å². The Morgan fingerprint density at radius 1 is 1.15 bits per heavy atom. The molecular weight excluding hydrogens is 246 g/mol. The molecule has 110 valence electrons. The van der Waals surface area contributed by atoms with Crippen molar-refractivity contribution >= 4 is 0 Å². The molecule has 1 aromatic heterocycles. The van der Waals surface area contributed by atoms with E-state index >= 15 is 0 Å². The lowest BCUT2D eigenvalue weighted by molar-refractivity contribution is -0.143. The Labute approximate surface area is 122 Å². The molecule has 2 atom stereocenters. The van der Waals surface area contributed by atoms with Gasteiger partial charge in [0, 0.05) is 6.54 Å². The summed E-state index contributed by atoms with van der Waals surface area (Å²) in [5.41, 5.74) is 1.82. The van der Waals surface area contributed by atoms with Crippen molar-refractivity contribution in [3.63, 3.8) is 0 Å². The average molecular weight is 273 g/mol. The minimum atomic E-state index is 0.565. The fraction of sp³-hybridized carbons (Fsp3) is 0.778. The van der Waals surface area contributed by atoms with Crippen molar-refractivity contribution in [1.29, 1.82) is 0 Å². The lowest BCUT2D eigenvalue weighted by Gasteiger charge is -2.65. The summed E-state index contributed by atoms with van der Waals surface area (Å²) < 4.78 is 5.43. The minimum absolute atomic E-state index is 0.565. The van der Waals surface area contributed by atoms with E-state index in [1.165, 1.54) is 45.1 Å². The molecule has 5 rings (SSSR count). The average Bonchev–Trinajstić information content (AvgIpc) is 2.76. The van der Waals surface area contributed by atoms with Gasteiger partial charge in [-0.2, -0.15) is 0 Å². The van der Waals surface area contributed by atoms with Crippen LogP contribution in [-0.4, -0.2) is 6.54 Å². The molecule has 0 spiro atoms. The van der Waals surface area contributed by atoms with Crippen LogP contribution >= 0.6 is 0 Å². The Morgan fingerprint density at radius 2 is 1.90 bits per heavy atom. The highest BCUT2D eigenvalue weighted by Crippen LogP contribution is 2.69. The molecule has 0 saturated heterocycles. The van der Waals surface area contributed by atoms with Crippen molar-refractivity contribution in [3.05, 3.63) is 24.2 Å². The quantitative estimate of drug-likeness (QED) is 0.881. The second kappa shape index (κ2) is 4.13. The van der Waals surface area contributed by atoms with Crippen LogP contribution in [0.5, 0.6) is 0 Å². The summed E-state index contributed by atoms with van der Waals surface area (Å²) in [6.45, 7) is 7.16. The third-order valence-corrected chi connectivity index (χ3v) is 6.12. The first-order chi connectivity index (χ1) is 9.49. The first kappa shape index (κ1) is 12.9. The van der Waals surface area contributed by atoms with Gasteiger partial charge in [-0.25, -0.2) is 0 Å². The second-order valence-electron chi connectivity index (χ2n) is 8.81. The summed E-state index contributed by atoms with van der Waals surface area (Å²) in [5, 5.41) is 3.69. The molecule has 0 amide bonds. The highest BCUT2D eigenvalue weighted by Gasteiger charge is 2.59. The van der Waals surface area contributed by atoms with Crippen LogP contribution in [0.15, 0.2) is 22.8 Å². The maximum Gasteiger partial charge on any atom is 0.117 e. The molecule has 4 saturated carbocycles. The minimum Gasteiger partial charge on any atom is -0.468 e. The van der Waals surface area contributed by atoms with E-state index in [2.05, 4.69) is 25.2 Å². The summed E-state index contributed by atoms with van der Waals surface area (Å²) in [6, 6.07) is 4.04. The first-order valence-corrected chi connectivity index (χ1v) is 8.22. The fourth-order valence-electron chi connectivity index (χ4n) is 6.75. The molecule has 0 aliphatic heterocycles. The van der Waals surface area contributed by atoms with Gasteiger partial charge >= 0.3 is 0 Å². The van der Waals surface area contributed by atoms with Crippen LogP contribution in [0.3, 0.4) is 0 Å². The molecular formula is C18H27NO. The molecule has 0 aromatic carbocycles. The van der Waals surface area contributed by atoms with Crippen molar-refractivity contribution in [1.82, 2.24) is 5.32 Å². The Hall–Kier alpha value is -0.760.